The summed E-state index contributed by atoms with van der Waals surface area (Å²) < 4.78 is 2.12. The van der Waals surface area contributed by atoms with E-state index in [9.17, 15) is 0 Å². The first kappa shape index (κ1) is 14.0. The topological polar surface area (TPSA) is 41.9 Å². The van der Waals surface area contributed by atoms with E-state index in [1.807, 2.05) is 14.0 Å². The molecular formula is C15H24N4. The van der Waals surface area contributed by atoms with Crippen molar-refractivity contribution in [3.05, 3.63) is 29.6 Å². The maximum absolute atomic E-state index is 4.58. The molecule has 1 aromatic heterocycles. The molecule has 0 aliphatic carbocycles. The van der Waals surface area contributed by atoms with Crippen LogP contribution >= 0.6 is 0 Å². The minimum Gasteiger partial charge on any atom is -0.331 e. The number of hydrogen-bond donors (Lipinski definition) is 2. The minimum atomic E-state index is 0.0870. The van der Waals surface area contributed by atoms with Gasteiger partial charge in [0, 0.05) is 25.7 Å². The fourth-order valence-electron chi connectivity index (χ4n) is 2.32. The summed E-state index contributed by atoms with van der Waals surface area (Å²) in [5.41, 5.74) is 3.63. The van der Waals surface area contributed by atoms with E-state index in [0.29, 0.717) is 0 Å². The van der Waals surface area contributed by atoms with Crippen molar-refractivity contribution in [1.29, 1.82) is 0 Å². The highest BCUT2D eigenvalue weighted by atomic mass is 15.1. The molecule has 4 heteroatoms. The fraction of sp³-hybridized carbons (Fsp3) is 0.533. The monoisotopic (exact) mass is 260 g/mol. The number of aryl methyl sites for hydroxylation is 2. The van der Waals surface area contributed by atoms with Crippen molar-refractivity contribution >= 4 is 11.0 Å². The molecule has 4 nitrogen and oxygen atoms in total. The van der Waals surface area contributed by atoms with E-state index in [0.717, 1.165) is 24.4 Å². The summed E-state index contributed by atoms with van der Waals surface area (Å²) >= 11 is 0. The van der Waals surface area contributed by atoms with Gasteiger partial charge in [0.1, 0.15) is 5.82 Å². The summed E-state index contributed by atoms with van der Waals surface area (Å²) in [6.45, 7) is 8.24. The Balaban J connectivity index is 2.14. The van der Waals surface area contributed by atoms with Crippen molar-refractivity contribution in [3.63, 3.8) is 0 Å². The molecule has 0 aliphatic rings. The van der Waals surface area contributed by atoms with Gasteiger partial charge in [0.15, 0.2) is 0 Å². The van der Waals surface area contributed by atoms with Gasteiger partial charge in [-0.25, -0.2) is 4.98 Å². The lowest BCUT2D eigenvalue weighted by Gasteiger charge is -2.26. The van der Waals surface area contributed by atoms with Gasteiger partial charge in [-0.15, -0.1) is 0 Å². The van der Waals surface area contributed by atoms with Gasteiger partial charge < -0.3 is 15.2 Å². The number of nitrogens with one attached hydrogen (secondary N) is 2. The van der Waals surface area contributed by atoms with Gasteiger partial charge in [0.05, 0.1) is 11.0 Å². The van der Waals surface area contributed by atoms with Crippen LogP contribution in [0, 0.1) is 6.92 Å². The van der Waals surface area contributed by atoms with Crippen LogP contribution in [0.15, 0.2) is 18.2 Å². The van der Waals surface area contributed by atoms with Crippen molar-refractivity contribution in [2.24, 2.45) is 7.05 Å². The summed E-state index contributed by atoms with van der Waals surface area (Å²) in [5.74, 6) is 1.05. The van der Waals surface area contributed by atoms with Crippen LogP contribution in [0.5, 0.6) is 0 Å². The van der Waals surface area contributed by atoms with Crippen molar-refractivity contribution in [2.75, 3.05) is 13.6 Å². The maximum Gasteiger partial charge on any atom is 0.106 e. The Labute approximate surface area is 115 Å². The minimum absolute atomic E-state index is 0.0870. The van der Waals surface area contributed by atoms with Crippen LogP contribution in [0.3, 0.4) is 0 Å². The van der Waals surface area contributed by atoms with Gasteiger partial charge in [0.2, 0.25) is 0 Å². The van der Waals surface area contributed by atoms with Gasteiger partial charge in [-0.2, -0.15) is 0 Å². The average Bonchev–Trinajstić information content (AvgIpc) is 2.62. The Hall–Kier alpha value is -1.39. The zero-order valence-electron chi connectivity index (χ0n) is 12.5. The van der Waals surface area contributed by atoms with Gasteiger partial charge in [-0.3, -0.25) is 0 Å². The molecule has 0 aliphatic heterocycles. The molecule has 1 heterocycles. The molecular weight excluding hydrogens is 236 g/mol. The summed E-state index contributed by atoms with van der Waals surface area (Å²) in [6, 6.07) is 6.49. The number of benzene rings is 1. The highest BCUT2D eigenvalue weighted by molar-refractivity contribution is 5.76. The molecule has 2 N–H and O–H groups in total. The van der Waals surface area contributed by atoms with Crippen LogP contribution < -0.4 is 10.6 Å². The lowest BCUT2D eigenvalue weighted by molar-refractivity contribution is 0.374. The first-order chi connectivity index (χ1) is 8.93. The Morgan fingerprint density at radius 3 is 2.74 bits per heavy atom. The van der Waals surface area contributed by atoms with E-state index < -0.39 is 0 Å². The average molecular weight is 260 g/mol. The molecule has 0 saturated heterocycles. The van der Waals surface area contributed by atoms with Gasteiger partial charge in [-0.1, -0.05) is 6.07 Å². The molecule has 2 aromatic rings. The Morgan fingerprint density at radius 1 is 1.32 bits per heavy atom. The predicted molar refractivity (Wildman–Crippen MR) is 80.3 cm³/mol. The standard InChI is InChI=1S/C15H24N4/c1-11-18-13-8-12(6-7-14(13)19(11)5)9-17-15(2,3)10-16-4/h6-8,16-17H,9-10H2,1-5H3. The Morgan fingerprint density at radius 2 is 2.05 bits per heavy atom. The van der Waals surface area contributed by atoms with E-state index in [1.54, 1.807) is 0 Å². The van der Waals surface area contributed by atoms with E-state index in [1.165, 1.54) is 11.1 Å². The van der Waals surface area contributed by atoms with Crippen LogP contribution in [0.1, 0.15) is 25.2 Å². The van der Waals surface area contributed by atoms with Gasteiger partial charge in [-0.05, 0) is 45.5 Å². The number of likely N-dealkylation sites (N-methyl/N-ethyl adjacent to an activating group) is 1. The number of nitrogens with zero attached hydrogens (tertiary/aromatic N) is 2. The largest absolute Gasteiger partial charge is 0.331 e. The smallest absolute Gasteiger partial charge is 0.106 e. The van der Waals surface area contributed by atoms with Crippen LogP contribution in [0.2, 0.25) is 0 Å². The molecule has 0 fully saturated rings. The van der Waals surface area contributed by atoms with Gasteiger partial charge >= 0.3 is 0 Å². The van der Waals surface area contributed by atoms with Crippen LogP contribution in [0.4, 0.5) is 0 Å². The lowest BCUT2D eigenvalue weighted by Crippen LogP contribution is -2.46. The Bertz CT molecular complexity index is 569. The zero-order chi connectivity index (χ0) is 14.0. The first-order valence-corrected chi connectivity index (χ1v) is 6.74. The number of rotatable bonds is 5. The summed E-state index contributed by atoms with van der Waals surface area (Å²) in [5, 5.41) is 6.77. The van der Waals surface area contributed by atoms with E-state index in [-0.39, 0.29) is 5.54 Å². The molecule has 2 rings (SSSR count). The number of aromatic nitrogens is 2. The highest BCUT2D eigenvalue weighted by Gasteiger charge is 2.15. The second-order valence-corrected chi connectivity index (χ2v) is 5.81. The van der Waals surface area contributed by atoms with Crippen molar-refractivity contribution < 1.29 is 0 Å². The quantitative estimate of drug-likeness (QED) is 0.863. The molecule has 0 saturated carbocycles. The van der Waals surface area contributed by atoms with Crippen molar-refractivity contribution in [3.8, 4) is 0 Å². The molecule has 0 radical (unpaired) electrons. The van der Waals surface area contributed by atoms with Crippen molar-refractivity contribution in [1.82, 2.24) is 20.2 Å². The van der Waals surface area contributed by atoms with Gasteiger partial charge in [0.25, 0.3) is 0 Å². The maximum atomic E-state index is 4.58. The van der Waals surface area contributed by atoms with Crippen molar-refractivity contribution in [2.45, 2.75) is 32.9 Å². The summed E-state index contributed by atoms with van der Waals surface area (Å²) in [4.78, 5) is 4.58. The van der Waals surface area contributed by atoms with E-state index in [2.05, 4.69) is 59.3 Å². The molecule has 1 aromatic carbocycles. The van der Waals surface area contributed by atoms with E-state index in [4.69, 9.17) is 0 Å². The lowest BCUT2D eigenvalue weighted by atomic mass is 10.1. The molecule has 104 valence electrons. The third-order valence-electron chi connectivity index (χ3n) is 3.56. The van der Waals surface area contributed by atoms with E-state index >= 15 is 0 Å². The highest BCUT2D eigenvalue weighted by Crippen LogP contribution is 2.16. The first-order valence-electron chi connectivity index (χ1n) is 6.74. The third-order valence-corrected chi connectivity index (χ3v) is 3.56. The number of fused-ring (bicyclic) bond motifs is 1. The molecule has 19 heavy (non-hydrogen) atoms. The fourth-order valence-corrected chi connectivity index (χ4v) is 2.32. The van der Waals surface area contributed by atoms with Crippen LogP contribution in [-0.4, -0.2) is 28.7 Å². The van der Waals surface area contributed by atoms with Crippen LogP contribution in [-0.2, 0) is 13.6 Å². The SMILES string of the molecule is CNCC(C)(C)NCc1ccc2c(c1)nc(C)n2C. The number of hydrogen-bond acceptors (Lipinski definition) is 3. The summed E-state index contributed by atoms with van der Waals surface area (Å²) in [6.07, 6.45) is 0. The van der Waals surface area contributed by atoms with Crippen LogP contribution in [0.25, 0.3) is 11.0 Å². The Kier molecular flexibility index (Phi) is 3.92. The number of imidazole rings is 1. The molecule has 0 bridgehead atoms. The second-order valence-electron chi connectivity index (χ2n) is 5.81. The summed E-state index contributed by atoms with van der Waals surface area (Å²) in [7, 11) is 4.03. The zero-order valence-corrected chi connectivity index (χ0v) is 12.5. The predicted octanol–water partition coefficient (Wildman–Crippen LogP) is 1.97. The normalized spacial score (nSPS) is 12.3. The third kappa shape index (κ3) is 3.14. The molecule has 0 atom stereocenters. The molecule has 0 spiro atoms. The molecule has 0 amide bonds. The molecule has 0 unspecified atom stereocenters. The second kappa shape index (κ2) is 5.31.